The Kier molecular flexibility index (Phi) is 6.63. The van der Waals surface area contributed by atoms with Crippen LogP contribution in [-0.4, -0.2) is 85.5 Å². The number of carbonyl (C=O) groups is 1. The van der Waals surface area contributed by atoms with Crippen molar-refractivity contribution in [2.24, 2.45) is 0 Å². The number of halogens is 1. The Hall–Kier alpha value is -1.48. The van der Waals surface area contributed by atoms with Gasteiger partial charge in [0.15, 0.2) is 5.69 Å². The molecule has 0 bridgehead atoms. The SMILES string of the molecule is C[C@@H]1CN(CCNC(=O)c2nc(N3CCOCC3)ncc2Cl)C[C@H](C)O1. The van der Waals surface area contributed by atoms with Crippen LogP contribution in [0.1, 0.15) is 24.3 Å². The summed E-state index contributed by atoms with van der Waals surface area (Å²) in [5, 5.41) is 3.17. The highest BCUT2D eigenvalue weighted by Gasteiger charge is 2.22. The highest BCUT2D eigenvalue weighted by molar-refractivity contribution is 6.33. The van der Waals surface area contributed by atoms with Gasteiger partial charge in [-0.3, -0.25) is 9.69 Å². The molecule has 0 radical (unpaired) electrons. The molecule has 0 aliphatic carbocycles. The van der Waals surface area contributed by atoms with Crippen molar-refractivity contribution in [3.05, 3.63) is 16.9 Å². The van der Waals surface area contributed by atoms with Crippen molar-refractivity contribution in [1.82, 2.24) is 20.2 Å². The minimum Gasteiger partial charge on any atom is -0.378 e. The molecule has 0 unspecified atom stereocenters. The van der Waals surface area contributed by atoms with Crippen molar-refractivity contribution >= 4 is 23.5 Å². The Balaban J connectivity index is 1.55. The minimum atomic E-state index is -0.277. The lowest BCUT2D eigenvalue weighted by atomic mass is 10.2. The van der Waals surface area contributed by atoms with Gasteiger partial charge in [-0.2, -0.15) is 0 Å². The fourth-order valence-electron chi connectivity index (χ4n) is 3.31. The average molecular weight is 384 g/mol. The molecule has 1 aromatic heterocycles. The molecule has 2 fully saturated rings. The van der Waals surface area contributed by atoms with Crippen LogP contribution < -0.4 is 10.2 Å². The largest absolute Gasteiger partial charge is 0.378 e. The third kappa shape index (κ3) is 5.03. The summed E-state index contributed by atoms with van der Waals surface area (Å²) in [4.78, 5) is 25.4. The molecule has 144 valence electrons. The van der Waals surface area contributed by atoms with Crippen LogP contribution in [0.25, 0.3) is 0 Å². The topological polar surface area (TPSA) is 79.8 Å². The smallest absolute Gasteiger partial charge is 0.271 e. The van der Waals surface area contributed by atoms with Crippen molar-refractivity contribution in [1.29, 1.82) is 0 Å². The molecule has 26 heavy (non-hydrogen) atoms. The summed E-state index contributed by atoms with van der Waals surface area (Å²) in [6.07, 6.45) is 1.91. The zero-order valence-corrected chi connectivity index (χ0v) is 16.0. The lowest BCUT2D eigenvalue weighted by Crippen LogP contribution is -2.48. The summed E-state index contributed by atoms with van der Waals surface area (Å²) in [5.74, 6) is 0.236. The second-order valence-electron chi connectivity index (χ2n) is 6.74. The van der Waals surface area contributed by atoms with E-state index < -0.39 is 0 Å². The second kappa shape index (κ2) is 8.94. The van der Waals surface area contributed by atoms with E-state index >= 15 is 0 Å². The Bertz CT molecular complexity index is 616. The molecule has 1 N–H and O–H groups in total. The summed E-state index contributed by atoms with van der Waals surface area (Å²) in [5.41, 5.74) is 0.215. The number of nitrogens with one attached hydrogen (secondary N) is 1. The predicted molar refractivity (Wildman–Crippen MR) is 98.9 cm³/mol. The highest BCUT2D eigenvalue weighted by atomic mass is 35.5. The maximum Gasteiger partial charge on any atom is 0.271 e. The van der Waals surface area contributed by atoms with E-state index in [0.29, 0.717) is 38.8 Å². The number of anilines is 1. The van der Waals surface area contributed by atoms with E-state index in [-0.39, 0.29) is 28.8 Å². The normalized spacial score (nSPS) is 24.5. The van der Waals surface area contributed by atoms with Gasteiger partial charge in [0.1, 0.15) is 0 Å². The van der Waals surface area contributed by atoms with Gasteiger partial charge >= 0.3 is 0 Å². The number of amides is 1. The zero-order chi connectivity index (χ0) is 18.5. The fraction of sp³-hybridized carbons (Fsp3) is 0.706. The molecular weight excluding hydrogens is 358 g/mol. The molecule has 1 aromatic rings. The number of rotatable bonds is 5. The monoisotopic (exact) mass is 383 g/mol. The van der Waals surface area contributed by atoms with E-state index in [1.807, 2.05) is 4.90 Å². The summed E-state index contributed by atoms with van der Waals surface area (Å²) in [6, 6.07) is 0. The van der Waals surface area contributed by atoms with Gasteiger partial charge in [-0.15, -0.1) is 0 Å². The first kappa shape index (κ1) is 19.3. The maximum atomic E-state index is 12.5. The highest BCUT2D eigenvalue weighted by Crippen LogP contribution is 2.17. The molecular formula is C17H26ClN5O3. The van der Waals surface area contributed by atoms with Crippen LogP contribution in [-0.2, 0) is 9.47 Å². The van der Waals surface area contributed by atoms with E-state index in [2.05, 4.69) is 34.0 Å². The Labute approximate surface area is 158 Å². The third-order valence-corrected chi connectivity index (χ3v) is 4.73. The van der Waals surface area contributed by atoms with Crippen molar-refractivity contribution in [3.8, 4) is 0 Å². The van der Waals surface area contributed by atoms with Gasteiger partial charge in [-0.05, 0) is 13.8 Å². The number of nitrogens with zero attached hydrogens (tertiary/aromatic N) is 4. The first-order valence-corrected chi connectivity index (χ1v) is 9.42. The number of hydrogen-bond donors (Lipinski definition) is 1. The quantitative estimate of drug-likeness (QED) is 0.805. The van der Waals surface area contributed by atoms with Gasteiger partial charge in [0, 0.05) is 39.3 Å². The summed E-state index contributed by atoms with van der Waals surface area (Å²) in [6.45, 7) is 9.84. The van der Waals surface area contributed by atoms with E-state index in [9.17, 15) is 4.79 Å². The van der Waals surface area contributed by atoms with Crippen LogP contribution in [0.5, 0.6) is 0 Å². The van der Waals surface area contributed by atoms with Crippen molar-refractivity contribution in [2.75, 3.05) is 57.4 Å². The molecule has 9 heteroatoms. The van der Waals surface area contributed by atoms with Gasteiger partial charge in [0.25, 0.3) is 5.91 Å². The number of carbonyl (C=O) groups excluding carboxylic acids is 1. The third-order valence-electron chi connectivity index (χ3n) is 4.45. The molecule has 0 spiro atoms. The Morgan fingerprint density at radius 2 is 2.00 bits per heavy atom. The van der Waals surface area contributed by atoms with Crippen LogP contribution in [0.15, 0.2) is 6.20 Å². The molecule has 3 heterocycles. The van der Waals surface area contributed by atoms with Gasteiger partial charge < -0.3 is 19.7 Å². The minimum absolute atomic E-state index is 0.210. The molecule has 2 aliphatic rings. The lowest BCUT2D eigenvalue weighted by molar-refractivity contribution is -0.0672. The zero-order valence-electron chi connectivity index (χ0n) is 15.3. The molecule has 0 aromatic carbocycles. The Morgan fingerprint density at radius 1 is 1.31 bits per heavy atom. The van der Waals surface area contributed by atoms with Gasteiger partial charge in [-0.1, -0.05) is 11.6 Å². The van der Waals surface area contributed by atoms with Crippen molar-refractivity contribution in [2.45, 2.75) is 26.1 Å². The van der Waals surface area contributed by atoms with Gasteiger partial charge in [-0.25, -0.2) is 9.97 Å². The van der Waals surface area contributed by atoms with E-state index in [0.717, 1.165) is 19.6 Å². The fourth-order valence-corrected chi connectivity index (χ4v) is 3.49. The average Bonchev–Trinajstić information content (AvgIpc) is 2.62. The number of morpholine rings is 2. The van der Waals surface area contributed by atoms with Crippen LogP contribution in [0.3, 0.4) is 0 Å². The van der Waals surface area contributed by atoms with Gasteiger partial charge in [0.05, 0.1) is 36.6 Å². The lowest BCUT2D eigenvalue weighted by Gasteiger charge is -2.35. The van der Waals surface area contributed by atoms with Crippen molar-refractivity contribution in [3.63, 3.8) is 0 Å². The first-order chi connectivity index (χ1) is 12.5. The molecule has 2 saturated heterocycles. The van der Waals surface area contributed by atoms with Crippen LogP contribution in [0.4, 0.5) is 5.95 Å². The first-order valence-electron chi connectivity index (χ1n) is 9.04. The van der Waals surface area contributed by atoms with E-state index in [1.54, 1.807) is 0 Å². The van der Waals surface area contributed by atoms with Gasteiger partial charge in [0.2, 0.25) is 5.95 Å². The van der Waals surface area contributed by atoms with Crippen molar-refractivity contribution < 1.29 is 14.3 Å². The summed E-state index contributed by atoms with van der Waals surface area (Å²) in [7, 11) is 0. The van der Waals surface area contributed by atoms with Crippen LogP contribution in [0.2, 0.25) is 5.02 Å². The second-order valence-corrected chi connectivity index (χ2v) is 7.15. The molecule has 3 rings (SSSR count). The maximum absolute atomic E-state index is 12.5. The van der Waals surface area contributed by atoms with E-state index in [4.69, 9.17) is 21.1 Å². The van der Waals surface area contributed by atoms with Crippen LogP contribution in [0, 0.1) is 0 Å². The molecule has 0 saturated carbocycles. The molecule has 8 nitrogen and oxygen atoms in total. The number of aromatic nitrogens is 2. The summed E-state index contributed by atoms with van der Waals surface area (Å²) < 4.78 is 11.1. The predicted octanol–water partition coefficient (Wildman–Crippen LogP) is 0.806. The molecule has 2 aliphatic heterocycles. The van der Waals surface area contributed by atoms with E-state index in [1.165, 1.54) is 6.20 Å². The Morgan fingerprint density at radius 3 is 2.69 bits per heavy atom. The standard InChI is InChI=1S/C17H26ClN5O3/c1-12-10-22(11-13(2)26-12)4-3-19-16(24)15-14(18)9-20-17(21-15)23-5-7-25-8-6-23/h9,12-13H,3-8,10-11H2,1-2H3,(H,19,24)/t12-,13+. The van der Waals surface area contributed by atoms with Crippen LogP contribution >= 0.6 is 11.6 Å². The molecule has 2 atom stereocenters. The summed E-state index contributed by atoms with van der Waals surface area (Å²) >= 11 is 6.14. The number of hydrogen-bond acceptors (Lipinski definition) is 7. The molecule has 1 amide bonds. The number of ether oxygens (including phenoxy) is 2.